The molecule has 3 fully saturated rings. The van der Waals surface area contributed by atoms with Gasteiger partial charge in [-0.1, -0.05) is 13.8 Å². The van der Waals surface area contributed by atoms with E-state index in [0.717, 1.165) is 27.7 Å². The van der Waals surface area contributed by atoms with Crippen LogP contribution in [-0.4, -0.2) is 94.9 Å². The van der Waals surface area contributed by atoms with E-state index in [1.54, 1.807) is 27.7 Å². The fraction of sp³-hybridized carbons (Fsp3) is 0.688. The van der Waals surface area contributed by atoms with Crippen LogP contribution >= 0.6 is 0 Å². The highest BCUT2D eigenvalue weighted by molar-refractivity contribution is 5.86. The minimum atomic E-state index is -2.27. The van der Waals surface area contributed by atoms with Gasteiger partial charge in [0.25, 0.3) is 0 Å². The Morgan fingerprint density at radius 2 is 1.40 bits per heavy atom. The Balaban J connectivity index is 2.14. The van der Waals surface area contributed by atoms with Gasteiger partial charge in [0.05, 0.1) is 29.3 Å². The molecule has 3 aliphatic rings. The summed E-state index contributed by atoms with van der Waals surface area (Å²) in [5, 5.41) is 12.6. The fourth-order valence-electron chi connectivity index (χ4n) is 7.75. The maximum Gasteiger partial charge on any atom is 0.374 e. The van der Waals surface area contributed by atoms with E-state index < -0.39 is 113 Å². The van der Waals surface area contributed by atoms with Crippen LogP contribution in [0.5, 0.6) is 0 Å². The Hall–Kier alpha value is -3.98. The van der Waals surface area contributed by atoms with Crippen LogP contribution in [0.2, 0.25) is 0 Å². The third kappa shape index (κ3) is 5.99. The lowest BCUT2D eigenvalue weighted by Crippen LogP contribution is -2.85. The van der Waals surface area contributed by atoms with E-state index in [4.69, 9.17) is 37.6 Å². The number of hydrogen-bond acceptors (Lipinski definition) is 15. The number of ether oxygens (including phenoxy) is 7. The predicted molar refractivity (Wildman–Crippen MR) is 155 cm³/mol. The molecule has 2 bridgehead atoms. The Morgan fingerprint density at radius 1 is 0.851 bits per heavy atom. The van der Waals surface area contributed by atoms with Gasteiger partial charge in [0.15, 0.2) is 17.8 Å². The lowest BCUT2D eigenvalue weighted by molar-refractivity contribution is -0.363. The highest BCUT2D eigenvalue weighted by Crippen LogP contribution is 2.69. The number of fused-ring (bicyclic) bond motifs is 1. The molecule has 0 aromatic carbocycles. The molecule has 47 heavy (non-hydrogen) atoms. The van der Waals surface area contributed by atoms with Gasteiger partial charge in [0, 0.05) is 34.1 Å². The van der Waals surface area contributed by atoms with E-state index >= 15 is 0 Å². The van der Waals surface area contributed by atoms with Crippen molar-refractivity contribution in [3.05, 3.63) is 24.2 Å². The molecule has 15 heteroatoms. The summed E-state index contributed by atoms with van der Waals surface area (Å²) in [6.07, 6.45) is -7.23. The zero-order chi connectivity index (χ0) is 35.3. The van der Waals surface area contributed by atoms with Gasteiger partial charge >= 0.3 is 35.8 Å². The van der Waals surface area contributed by atoms with Crippen LogP contribution in [0.15, 0.2) is 22.8 Å². The molecule has 1 aliphatic heterocycles. The monoisotopic (exact) mass is 666 g/mol. The number of carbonyl (C=O) groups excluding carboxylic acids is 6. The van der Waals surface area contributed by atoms with Crippen molar-refractivity contribution < 1.29 is 71.4 Å². The van der Waals surface area contributed by atoms with Crippen molar-refractivity contribution in [2.24, 2.45) is 17.3 Å². The number of aliphatic hydroxyl groups is 1. The molecule has 1 spiro atoms. The maximum absolute atomic E-state index is 13.3. The van der Waals surface area contributed by atoms with Crippen molar-refractivity contribution in [2.75, 3.05) is 6.61 Å². The standard InChI is InChI=1S/C32H42O15/c1-15(2)27(37)41-14-31-24(43-17(4)34)21(46-28(38)20-11-10-12-40-20)13-30(9,39)32(31)25(44-18(5)35)22(29(7,8)47-32)23(42-16(3)33)26(31)45-19(6)36/h10-12,15,21-26,39H,13-14H2,1-9H3/t21-,22?,23+,24-,25+,26-,30-,31-,32?/m0/s1. The van der Waals surface area contributed by atoms with Crippen molar-refractivity contribution in [1.29, 1.82) is 0 Å². The quantitative estimate of drug-likeness (QED) is 0.296. The third-order valence-corrected chi connectivity index (χ3v) is 9.14. The van der Waals surface area contributed by atoms with Gasteiger partial charge in [0.1, 0.15) is 30.3 Å². The molecule has 2 heterocycles. The number of furan rings is 1. The fourth-order valence-corrected chi connectivity index (χ4v) is 7.75. The summed E-state index contributed by atoms with van der Waals surface area (Å²) < 4.78 is 47.2. The molecule has 260 valence electrons. The summed E-state index contributed by atoms with van der Waals surface area (Å²) in [6.45, 7) is 11.2. The molecule has 9 atom stereocenters. The van der Waals surface area contributed by atoms with E-state index in [9.17, 15) is 33.9 Å². The summed E-state index contributed by atoms with van der Waals surface area (Å²) in [7, 11) is 0. The van der Waals surface area contributed by atoms with Gasteiger partial charge in [-0.15, -0.1) is 0 Å². The predicted octanol–water partition coefficient (Wildman–Crippen LogP) is 2.05. The van der Waals surface area contributed by atoms with Crippen LogP contribution in [0.25, 0.3) is 0 Å². The van der Waals surface area contributed by atoms with Crippen LogP contribution in [0.1, 0.15) is 79.3 Å². The van der Waals surface area contributed by atoms with Gasteiger partial charge in [0.2, 0.25) is 5.76 Å². The van der Waals surface area contributed by atoms with E-state index in [0.29, 0.717) is 0 Å². The van der Waals surface area contributed by atoms with Crippen molar-refractivity contribution in [1.82, 2.24) is 0 Å². The smallest absolute Gasteiger partial charge is 0.374 e. The summed E-state index contributed by atoms with van der Waals surface area (Å²) in [5.74, 6) is -7.20. The molecule has 2 saturated carbocycles. The molecular weight excluding hydrogens is 624 g/mol. The summed E-state index contributed by atoms with van der Waals surface area (Å²) in [5.41, 5.74) is -8.09. The minimum absolute atomic E-state index is 0.221. The average Bonchev–Trinajstić information content (AvgIpc) is 3.52. The molecule has 4 rings (SSSR count). The highest BCUT2D eigenvalue weighted by atomic mass is 16.7. The second-order valence-electron chi connectivity index (χ2n) is 13.3. The Bertz CT molecular complexity index is 1410. The largest absolute Gasteiger partial charge is 0.464 e. The van der Waals surface area contributed by atoms with Gasteiger partial charge in [-0.2, -0.15) is 0 Å². The zero-order valence-electron chi connectivity index (χ0n) is 27.9. The molecule has 1 aromatic heterocycles. The van der Waals surface area contributed by atoms with Crippen molar-refractivity contribution in [3.8, 4) is 0 Å². The normalized spacial score (nSPS) is 35.2. The Morgan fingerprint density at radius 3 is 1.91 bits per heavy atom. The first-order valence-electron chi connectivity index (χ1n) is 15.2. The zero-order valence-corrected chi connectivity index (χ0v) is 27.9. The molecule has 1 aromatic rings. The molecule has 0 radical (unpaired) electrons. The average molecular weight is 667 g/mol. The van der Waals surface area contributed by atoms with Crippen LogP contribution in [-0.2, 0) is 57.1 Å². The van der Waals surface area contributed by atoms with Crippen LogP contribution in [0, 0.1) is 17.3 Å². The third-order valence-electron chi connectivity index (χ3n) is 9.14. The summed E-state index contributed by atoms with van der Waals surface area (Å²) in [6, 6.07) is 2.77. The molecule has 0 amide bonds. The van der Waals surface area contributed by atoms with E-state index in [1.807, 2.05) is 0 Å². The number of rotatable bonds is 9. The summed E-state index contributed by atoms with van der Waals surface area (Å²) >= 11 is 0. The first-order chi connectivity index (χ1) is 21.7. The van der Waals surface area contributed by atoms with Crippen molar-refractivity contribution >= 4 is 35.8 Å². The second kappa shape index (κ2) is 12.6. The molecule has 2 aliphatic carbocycles. The molecule has 1 N–H and O–H groups in total. The van der Waals surface area contributed by atoms with E-state index in [-0.39, 0.29) is 5.76 Å². The molecule has 15 nitrogen and oxygen atoms in total. The minimum Gasteiger partial charge on any atom is -0.464 e. The lowest BCUT2D eigenvalue weighted by atomic mass is 9.45. The van der Waals surface area contributed by atoms with E-state index in [2.05, 4.69) is 0 Å². The van der Waals surface area contributed by atoms with Crippen molar-refractivity contribution in [2.45, 2.75) is 116 Å². The van der Waals surface area contributed by atoms with Gasteiger partial charge in [-0.25, -0.2) is 4.79 Å². The lowest BCUT2D eigenvalue weighted by Gasteiger charge is -2.66. The molecule has 2 unspecified atom stereocenters. The van der Waals surface area contributed by atoms with Gasteiger partial charge < -0.3 is 42.7 Å². The second-order valence-corrected chi connectivity index (χ2v) is 13.3. The van der Waals surface area contributed by atoms with Crippen molar-refractivity contribution in [3.63, 3.8) is 0 Å². The first-order valence-corrected chi connectivity index (χ1v) is 15.2. The van der Waals surface area contributed by atoms with Gasteiger partial charge in [-0.3, -0.25) is 24.0 Å². The van der Waals surface area contributed by atoms with Crippen LogP contribution in [0.3, 0.4) is 0 Å². The number of hydrogen-bond donors (Lipinski definition) is 1. The topological polar surface area (TPSA) is 200 Å². The summed E-state index contributed by atoms with van der Waals surface area (Å²) in [4.78, 5) is 77.7. The highest BCUT2D eigenvalue weighted by Gasteiger charge is 2.89. The first kappa shape index (κ1) is 35.9. The maximum atomic E-state index is 13.3. The van der Waals surface area contributed by atoms with E-state index in [1.165, 1.54) is 25.3 Å². The Kier molecular flexibility index (Phi) is 9.59. The van der Waals surface area contributed by atoms with Crippen LogP contribution < -0.4 is 0 Å². The van der Waals surface area contributed by atoms with Crippen LogP contribution in [0.4, 0.5) is 0 Å². The van der Waals surface area contributed by atoms with Gasteiger partial charge in [-0.05, 0) is 32.9 Å². The molecule has 1 saturated heterocycles. The SMILES string of the molecule is CC(=O)O[C@@H]1C2[C@@H](OC(C)=O)C3(OC2(C)C)[C@@](COC(=O)C(C)C)([C@@H](OC(C)=O)[C@@H](OC(=O)c2ccco2)C[C@]3(C)O)[C@H]1OC(C)=O. The number of carbonyl (C=O) groups is 6. The molecular formula is C32H42O15. The number of esters is 6. The Labute approximate surface area is 271 Å².